The van der Waals surface area contributed by atoms with Gasteiger partial charge in [-0.3, -0.25) is 0 Å². The summed E-state index contributed by atoms with van der Waals surface area (Å²) in [4.78, 5) is 15.1. The van der Waals surface area contributed by atoms with Gasteiger partial charge >= 0.3 is 5.97 Å². The first kappa shape index (κ1) is 12.7. The summed E-state index contributed by atoms with van der Waals surface area (Å²) >= 11 is 0. The third kappa shape index (κ3) is 2.64. The molecule has 20 heavy (non-hydrogen) atoms. The van der Waals surface area contributed by atoms with E-state index < -0.39 is 5.97 Å². The van der Waals surface area contributed by atoms with E-state index >= 15 is 0 Å². The molecule has 6 heteroatoms. The van der Waals surface area contributed by atoms with Crippen LogP contribution in [0.4, 0.5) is 0 Å². The largest absolute Gasteiger partial charge is 0.483 e. The quantitative estimate of drug-likeness (QED) is 0.901. The molecule has 0 amide bonds. The van der Waals surface area contributed by atoms with Gasteiger partial charge in [-0.2, -0.15) is 4.98 Å². The molecule has 0 radical (unpaired) electrons. The van der Waals surface area contributed by atoms with E-state index in [9.17, 15) is 4.79 Å². The van der Waals surface area contributed by atoms with Crippen LogP contribution in [0.1, 0.15) is 46.4 Å². The summed E-state index contributed by atoms with van der Waals surface area (Å²) in [7, 11) is 0. The van der Waals surface area contributed by atoms with Crippen molar-refractivity contribution in [2.75, 3.05) is 0 Å². The lowest BCUT2D eigenvalue weighted by molar-refractivity contribution is 0.0696. The predicted molar refractivity (Wildman–Crippen MR) is 68.7 cm³/mol. The Morgan fingerprint density at radius 2 is 2.30 bits per heavy atom. The number of aromatic carboxylic acids is 1. The second-order valence-corrected chi connectivity index (χ2v) is 4.89. The Morgan fingerprint density at radius 3 is 2.95 bits per heavy atom. The van der Waals surface area contributed by atoms with E-state index in [2.05, 4.69) is 10.1 Å². The zero-order chi connectivity index (χ0) is 14.1. The Balaban J connectivity index is 1.66. The number of carboxylic acid groups (broad SMARTS) is 1. The summed E-state index contributed by atoms with van der Waals surface area (Å²) in [5.41, 5.74) is 0.996. The molecule has 0 bridgehead atoms. The first-order chi connectivity index (χ1) is 9.63. The van der Waals surface area contributed by atoms with Gasteiger partial charge in [-0.15, -0.1) is 0 Å². The molecule has 2 aromatic rings. The van der Waals surface area contributed by atoms with Gasteiger partial charge in [-0.05, 0) is 43.5 Å². The maximum Gasteiger partial charge on any atom is 0.335 e. The highest BCUT2D eigenvalue weighted by molar-refractivity contribution is 5.88. The molecule has 1 aliphatic rings. The number of carbonyl (C=O) groups is 1. The summed E-state index contributed by atoms with van der Waals surface area (Å²) in [6, 6.07) is 4.71. The second-order valence-electron chi connectivity index (χ2n) is 4.89. The Morgan fingerprint density at radius 1 is 1.50 bits per heavy atom. The van der Waals surface area contributed by atoms with Gasteiger partial charge in [0, 0.05) is 5.92 Å². The molecule has 6 nitrogen and oxygen atoms in total. The minimum atomic E-state index is -0.953. The molecule has 1 fully saturated rings. The molecule has 104 valence electrons. The number of carboxylic acids is 1. The Bertz CT molecular complexity index is 646. The van der Waals surface area contributed by atoms with E-state index in [1.165, 1.54) is 6.07 Å². The Kier molecular flexibility index (Phi) is 3.14. The van der Waals surface area contributed by atoms with Gasteiger partial charge in [-0.25, -0.2) is 4.79 Å². The second kappa shape index (κ2) is 4.96. The molecule has 0 atom stereocenters. The minimum absolute atomic E-state index is 0.187. The van der Waals surface area contributed by atoms with Crippen LogP contribution in [-0.4, -0.2) is 21.2 Å². The number of rotatable bonds is 5. The van der Waals surface area contributed by atoms with E-state index in [4.69, 9.17) is 14.4 Å². The van der Waals surface area contributed by atoms with Gasteiger partial charge in [-0.1, -0.05) is 5.16 Å². The highest BCUT2D eigenvalue weighted by atomic mass is 16.5. The molecule has 1 saturated carbocycles. The predicted octanol–water partition coefficient (Wildman–Crippen LogP) is 2.53. The van der Waals surface area contributed by atoms with E-state index in [-0.39, 0.29) is 12.2 Å². The number of nitrogens with zero attached hydrogens (tertiary/aromatic N) is 2. The Labute approximate surface area is 115 Å². The summed E-state index contributed by atoms with van der Waals surface area (Å²) in [6.07, 6.45) is 2.24. The zero-order valence-corrected chi connectivity index (χ0v) is 11.0. The molecule has 1 heterocycles. The third-order valence-corrected chi connectivity index (χ3v) is 3.20. The van der Waals surface area contributed by atoms with Crippen LogP contribution >= 0.6 is 0 Å². The van der Waals surface area contributed by atoms with Crippen LogP contribution in [0.3, 0.4) is 0 Å². The monoisotopic (exact) mass is 274 g/mol. The molecule has 0 saturated heterocycles. The van der Waals surface area contributed by atoms with Crippen molar-refractivity contribution in [1.29, 1.82) is 0 Å². The van der Waals surface area contributed by atoms with Crippen molar-refractivity contribution in [3.63, 3.8) is 0 Å². The van der Waals surface area contributed by atoms with Crippen LogP contribution in [0, 0.1) is 6.92 Å². The lowest BCUT2D eigenvalue weighted by Gasteiger charge is -2.07. The SMILES string of the molecule is Cc1cc(C(=O)O)ccc1OCc1nc(C2CC2)no1. The number of aromatic nitrogens is 2. The molecular weight excluding hydrogens is 260 g/mol. The van der Waals surface area contributed by atoms with Crippen molar-refractivity contribution < 1.29 is 19.2 Å². The number of hydrogen-bond acceptors (Lipinski definition) is 5. The molecule has 0 unspecified atom stereocenters. The summed E-state index contributed by atoms with van der Waals surface area (Å²) < 4.78 is 10.7. The normalized spacial score (nSPS) is 14.2. The van der Waals surface area contributed by atoms with E-state index in [0.717, 1.165) is 24.2 Å². The fraction of sp³-hybridized carbons (Fsp3) is 0.357. The van der Waals surface area contributed by atoms with E-state index in [0.29, 0.717) is 17.6 Å². The van der Waals surface area contributed by atoms with Gasteiger partial charge < -0.3 is 14.4 Å². The number of hydrogen-bond donors (Lipinski definition) is 1. The summed E-state index contributed by atoms with van der Waals surface area (Å²) in [5, 5.41) is 12.8. The van der Waals surface area contributed by atoms with Crippen molar-refractivity contribution in [2.24, 2.45) is 0 Å². The van der Waals surface area contributed by atoms with Crippen molar-refractivity contribution in [3.8, 4) is 5.75 Å². The van der Waals surface area contributed by atoms with Gasteiger partial charge in [0.15, 0.2) is 12.4 Å². The van der Waals surface area contributed by atoms with Crippen molar-refractivity contribution in [2.45, 2.75) is 32.3 Å². The number of aryl methyl sites for hydroxylation is 1. The fourth-order valence-electron chi connectivity index (χ4n) is 1.92. The van der Waals surface area contributed by atoms with Gasteiger partial charge in [0.25, 0.3) is 5.89 Å². The maximum atomic E-state index is 10.8. The first-order valence-electron chi connectivity index (χ1n) is 6.42. The van der Waals surface area contributed by atoms with Crippen LogP contribution in [0.2, 0.25) is 0 Å². The smallest absolute Gasteiger partial charge is 0.335 e. The average molecular weight is 274 g/mol. The van der Waals surface area contributed by atoms with Crippen molar-refractivity contribution >= 4 is 5.97 Å². The summed E-state index contributed by atoms with van der Waals surface area (Å²) in [6.45, 7) is 1.98. The van der Waals surface area contributed by atoms with Gasteiger partial charge in [0.2, 0.25) is 0 Å². The highest BCUT2D eigenvalue weighted by Crippen LogP contribution is 2.38. The number of ether oxygens (including phenoxy) is 1. The zero-order valence-electron chi connectivity index (χ0n) is 11.0. The molecule has 0 aliphatic heterocycles. The Hall–Kier alpha value is -2.37. The summed E-state index contributed by atoms with van der Waals surface area (Å²) in [5.74, 6) is 1.30. The van der Waals surface area contributed by atoms with Crippen molar-refractivity contribution in [3.05, 3.63) is 41.0 Å². The molecule has 1 aromatic carbocycles. The third-order valence-electron chi connectivity index (χ3n) is 3.20. The molecule has 0 spiro atoms. The van der Waals surface area contributed by atoms with E-state index in [1.54, 1.807) is 19.1 Å². The van der Waals surface area contributed by atoms with Crippen LogP contribution in [0.15, 0.2) is 22.7 Å². The minimum Gasteiger partial charge on any atom is -0.483 e. The van der Waals surface area contributed by atoms with Crippen LogP contribution in [-0.2, 0) is 6.61 Å². The van der Waals surface area contributed by atoms with Gasteiger partial charge in [0.05, 0.1) is 5.56 Å². The number of benzene rings is 1. The highest BCUT2D eigenvalue weighted by Gasteiger charge is 2.28. The molecular formula is C14H14N2O4. The van der Waals surface area contributed by atoms with Crippen LogP contribution in [0.25, 0.3) is 0 Å². The lowest BCUT2D eigenvalue weighted by Crippen LogP contribution is -2.00. The lowest BCUT2D eigenvalue weighted by atomic mass is 10.1. The van der Waals surface area contributed by atoms with Crippen molar-refractivity contribution in [1.82, 2.24) is 10.1 Å². The average Bonchev–Trinajstić information content (AvgIpc) is 3.17. The van der Waals surface area contributed by atoms with Crippen LogP contribution in [0.5, 0.6) is 5.75 Å². The molecule has 3 rings (SSSR count). The first-order valence-corrected chi connectivity index (χ1v) is 6.42. The van der Waals surface area contributed by atoms with Crippen LogP contribution < -0.4 is 4.74 Å². The maximum absolute atomic E-state index is 10.8. The van der Waals surface area contributed by atoms with Gasteiger partial charge in [0.1, 0.15) is 5.75 Å². The fourth-order valence-corrected chi connectivity index (χ4v) is 1.92. The molecule has 1 aromatic heterocycles. The standard InChI is InChI=1S/C14H14N2O4/c1-8-6-10(14(17)18)4-5-11(8)19-7-12-15-13(16-20-12)9-2-3-9/h4-6,9H,2-3,7H2,1H3,(H,17,18). The van der Waals surface area contributed by atoms with E-state index in [1.807, 2.05) is 0 Å². The topological polar surface area (TPSA) is 85.5 Å². The molecule has 1 aliphatic carbocycles. The molecule has 1 N–H and O–H groups in total.